The summed E-state index contributed by atoms with van der Waals surface area (Å²) in [4.78, 5) is 0. The monoisotopic (exact) mass is 212 g/mol. The molecule has 0 radical (unpaired) electrons. The molecule has 0 spiro atoms. The van der Waals surface area contributed by atoms with Gasteiger partial charge >= 0.3 is 0 Å². The largest absolute Gasteiger partial charge is 0.384 e. The summed E-state index contributed by atoms with van der Waals surface area (Å²) in [6.45, 7) is 8.52. The predicted molar refractivity (Wildman–Crippen MR) is 57.6 cm³/mol. The van der Waals surface area contributed by atoms with Gasteiger partial charge in [-0.1, -0.05) is 6.08 Å². The molecule has 0 aromatic heterocycles. The van der Waals surface area contributed by atoms with Gasteiger partial charge in [0.15, 0.2) is 5.79 Å². The summed E-state index contributed by atoms with van der Waals surface area (Å²) >= 11 is 0. The molecule has 3 heteroatoms. The third kappa shape index (κ3) is 1.73. The Morgan fingerprint density at radius 1 is 1.47 bits per heavy atom. The summed E-state index contributed by atoms with van der Waals surface area (Å²) in [6, 6.07) is 0. The number of methoxy groups -OCH3 is 1. The normalized spacial score (nSPS) is 42.9. The quantitative estimate of drug-likeness (QED) is 0.671. The van der Waals surface area contributed by atoms with Crippen molar-refractivity contribution in [2.45, 2.75) is 44.7 Å². The van der Waals surface area contributed by atoms with E-state index in [1.54, 1.807) is 7.11 Å². The average molecular weight is 212 g/mol. The fourth-order valence-corrected chi connectivity index (χ4v) is 2.79. The van der Waals surface area contributed by atoms with Crippen LogP contribution in [0.1, 0.15) is 26.7 Å². The van der Waals surface area contributed by atoms with Gasteiger partial charge in [0.25, 0.3) is 0 Å². The van der Waals surface area contributed by atoms with E-state index in [9.17, 15) is 0 Å². The molecule has 3 nitrogen and oxygen atoms in total. The van der Waals surface area contributed by atoms with Crippen molar-refractivity contribution < 1.29 is 14.2 Å². The molecule has 2 fully saturated rings. The van der Waals surface area contributed by atoms with E-state index in [4.69, 9.17) is 14.2 Å². The molecule has 0 aromatic rings. The van der Waals surface area contributed by atoms with Crippen LogP contribution in [0.5, 0.6) is 0 Å². The van der Waals surface area contributed by atoms with Crippen LogP contribution in [0.3, 0.4) is 0 Å². The molecule has 1 aliphatic carbocycles. The highest BCUT2D eigenvalue weighted by molar-refractivity contribution is 5.10. The van der Waals surface area contributed by atoms with Gasteiger partial charge in [-0.2, -0.15) is 0 Å². The second kappa shape index (κ2) is 3.58. The number of rotatable bonds is 3. The Labute approximate surface area is 91.4 Å². The van der Waals surface area contributed by atoms with Crippen molar-refractivity contribution in [2.75, 3.05) is 13.7 Å². The maximum Gasteiger partial charge on any atom is 0.163 e. The number of hydrogen-bond donors (Lipinski definition) is 0. The highest BCUT2D eigenvalue weighted by Crippen LogP contribution is 2.49. The first-order chi connectivity index (χ1) is 7.03. The van der Waals surface area contributed by atoms with E-state index in [0.29, 0.717) is 6.61 Å². The highest BCUT2D eigenvalue weighted by atomic mass is 16.8. The summed E-state index contributed by atoms with van der Waals surface area (Å²) in [6.07, 6.45) is 4.35. The van der Waals surface area contributed by atoms with Crippen molar-refractivity contribution in [1.82, 2.24) is 0 Å². The lowest BCUT2D eigenvalue weighted by atomic mass is 9.85. The smallest absolute Gasteiger partial charge is 0.163 e. The Balaban J connectivity index is 2.19. The zero-order valence-electron chi connectivity index (χ0n) is 9.79. The van der Waals surface area contributed by atoms with Crippen molar-refractivity contribution >= 4 is 0 Å². The molecule has 0 bridgehead atoms. The summed E-state index contributed by atoms with van der Waals surface area (Å²) in [5.74, 6) is -0.461. The molecule has 0 N–H and O–H groups in total. The second-order valence-corrected chi connectivity index (χ2v) is 5.00. The van der Waals surface area contributed by atoms with Gasteiger partial charge in [0.1, 0.15) is 0 Å². The molecule has 3 atom stereocenters. The zero-order valence-corrected chi connectivity index (χ0v) is 9.79. The van der Waals surface area contributed by atoms with Gasteiger partial charge in [0.05, 0.1) is 18.8 Å². The van der Waals surface area contributed by atoms with Crippen LogP contribution >= 0.6 is 0 Å². The van der Waals surface area contributed by atoms with Crippen LogP contribution in [0.2, 0.25) is 0 Å². The zero-order chi connectivity index (χ0) is 11.1. The molecule has 1 saturated carbocycles. The molecule has 1 aliphatic heterocycles. The first-order valence-electron chi connectivity index (χ1n) is 5.51. The minimum absolute atomic E-state index is 0.0623. The van der Waals surface area contributed by atoms with Crippen molar-refractivity contribution in [1.29, 1.82) is 0 Å². The van der Waals surface area contributed by atoms with E-state index in [1.165, 1.54) is 0 Å². The van der Waals surface area contributed by atoms with Crippen molar-refractivity contribution in [3.8, 4) is 0 Å². The van der Waals surface area contributed by atoms with E-state index < -0.39 is 5.79 Å². The molecule has 0 amide bonds. The summed E-state index contributed by atoms with van der Waals surface area (Å²) in [5, 5.41) is 0. The fraction of sp³-hybridized carbons (Fsp3) is 0.833. The topological polar surface area (TPSA) is 27.7 Å². The molecule has 2 rings (SSSR count). The van der Waals surface area contributed by atoms with Crippen molar-refractivity contribution in [2.24, 2.45) is 5.41 Å². The summed E-state index contributed by atoms with van der Waals surface area (Å²) in [5.41, 5.74) is -0.0623. The third-order valence-corrected chi connectivity index (χ3v) is 3.46. The van der Waals surface area contributed by atoms with Crippen LogP contribution in [-0.2, 0) is 14.2 Å². The molecular formula is C12H20O3. The van der Waals surface area contributed by atoms with E-state index in [2.05, 4.69) is 6.58 Å². The molecule has 0 unspecified atom stereocenters. The fourth-order valence-electron chi connectivity index (χ4n) is 2.79. The Bertz CT molecular complexity index is 258. The van der Waals surface area contributed by atoms with E-state index in [0.717, 1.165) is 12.8 Å². The van der Waals surface area contributed by atoms with Gasteiger partial charge in [0.2, 0.25) is 0 Å². The van der Waals surface area contributed by atoms with E-state index in [-0.39, 0.29) is 17.6 Å². The van der Waals surface area contributed by atoms with Crippen molar-refractivity contribution in [3.63, 3.8) is 0 Å². The molecular weight excluding hydrogens is 192 g/mol. The van der Waals surface area contributed by atoms with Gasteiger partial charge < -0.3 is 14.2 Å². The van der Waals surface area contributed by atoms with Gasteiger partial charge in [-0.3, -0.25) is 0 Å². The average Bonchev–Trinajstić information content (AvgIpc) is 2.62. The maximum atomic E-state index is 5.96. The summed E-state index contributed by atoms with van der Waals surface area (Å²) < 4.78 is 17.1. The lowest BCUT2D eigenvalue weighted by Gasteiger charge is -2.31. The Morgan fingerprint density at radius 2 is 2.20 bits per heavy atom. The van der Waals surface area contributed by atoms with Crippen LogP contribution in [0.15, 0.2) is 12.7 Å². The van der Waals surface area contributed by atoms with Crippen LogP contribution < -0.4 is 0 Å². The molecule has 15 heavy (non-hydrogen) atoms. The second-order valence-electron chi connectivity index (χ2n) is 5.00. The van der Waals surface area contributed by atoms with Crippen LogP contribution in [-0.4, -0.2) is 31.7 Å². The summed E-state index contributed by atoms with van der Waals surface area (Å²) in [7, 11) is 1.72. The standard InChI is InChI=1S/C12H20O3/c1-5-12(8-13-4)7-6-9-10(12)15-11(2,3)14-9/h5,9-10H,1,6-8H2,2-4H3/t9-,10-,12-/m0/s1. The lowest BCUT2D eigenvalue weighted by molar-refractivity contribution is -0.164. The molecule has 1 saturated heterocycles. The molecule has 1 heterocycles. The Morgan fingerprint density at radius 3 is 2.80 bits per heavy atom. The van der Waals surface area contributed by atoms with Gasteiger partial charge in [-0.05, 0) is 26.7 Å². The minimum atomic E-state index is -0.461. The Hall–Kier alpha value is -0.380. The van der Waals surface area contributed by atoms with Gasteiger partial charge in [0, 0.05) is 12.5 Å². The van der Waals surface area contributed by atoms with Gasteiger partial charge in [-0.15, -0.1) is 6.58 Å². The van der Waals surface area contributed by atoms with Crippen LogP contribution in [0, 0.1) is 5.41 Å². The maximum absolute atomic E-state index is 5.96. The molecule has 2 aliphatic rings. The molecule has 86 valence electrons. The lowest BCUT2D eigenvalue weighted by Crippen LogP contribution is -2.37. The SMILES string of the molecule is C=C[C@@]1(COC)CC[C@@H]2OC(C)(C)O[C@@H]21. The number of fused-ring (bicyclic) bond motifs is 1. The van der Waals surface area contributed by atoms with Crippen LogP contribution in [0.25, 0.3) is 0 Å². The first-order valence-corrected chi connectivity index (χ1v) is 5.51. The van der Waals surface area contributed by atoms with Gasteiger partial charge in [-0.25, -0.2) is 0 Å². The van der Waals surface area contributed by atoms with E-state index in [1.807, 2.05) is 19.9 Å². The van der Waals surface area contributed by atoms with Crippen LogP contribution in [0.4, 0.5) is 0 Å². The van der Waals surface area contributed by atoms with E-state index >= 15 is 0 Å². The first kappa shape index (κ1) is 11.1. The highest BCUT2D eigenvalue weighted by Gasteiger charge is 2.55. The number of hydrogen-bond acceptors (Lipinski definition) is 3. The minimum Gasteiger partial charge on any atom is -0.384 e. The third-order valence-electron chi connectivity index (χ3n) is 3.46. The van der Waals surface area contributed by atoms with Crippen molar-refractivity contribution in [3.05, 3.63) is 12.7 Å². The Kier molecular flexibility index (Phi) is 2.65. The molecule has 0 aromatic carbocycles. The predicted octanol–water partition coefficient (Wildman–Crippen LogP) is 2.12. The number of ether oxygens (including phenoxy) is 3.